The van der Waals surface area contributed by atoms with E-state index in [0.717, 1.165) is 0 Å². The molecule has 3 N–H and O–H groups in total. The Hall–Kier alpha value is -1.30. The molecular formula is C12H22N2O4. The quantitative estimate of drug-likeness (QED) is 0.772. The molecule has 0 bridgehead atoms. The zero-order chi connectivity index (χ0) is 13.9. The third-order valence-electron chi connectivity index (χ3n) is 2.88. The molecule has 6 heteroatoms. The summed E-state index contributed by atoms with van der Waals surface area (Å²) >= 11 is 0. The van der Waals surface area contributed by atoms with Crippen LogP contribution in [0.2, 0.25) is 0 Å². The Balaban J connectivity index is 2.58. The van der Waals surface area contributed by atoms with Gasteiger partial charge in [-0.05, 0) is 27.2 Å². The SMILES string of the molecule is CC(C)(C)OC(=O)N1CC[C@@H](N)[C@H](CC(=O)O)C1. The second-order valence-corrected chi connectivity index (χ2v) is 5.74. The molecule has 1 rings (SSSR count). The van der Waals surface area contributed by atoms with Crippen LogP contribution in [0.5, 0.6) is 0 Å². The maximum atomic E-state index is 11.9. The van der Waals surface area contributed by atoms with Crippen molar-refractivity contribution in [2.45, 2.75) is 45.3 Å². The Labute approximate surface area is 107 Å². The predicted molar refractivity (Wildman–Crippen MR) is 66.1 cm³/mol. The van der Waals surface area contributed by atoms with Gasteiger partial charge in [-0.25, -0.2) is 4.79 Å². The highest BCUT2D eigenvalue weighted by Gasteiger charge is 2.32. The van der Waals surface area contributed by atoms with Gasteiger partial charge in [-0.15, -0.1) is 0 Å². The molecule has 1 heterocycles. The van der Waals surface area contributed by atoms with Gasteiger partial charge in [0.15, 0.2) is 0 Å². The van der Waals surface area contributed by atoms with Crippen LogP contribution >= 0.6 is 0 Å². The Morgan fingerprint density at radius 1 is 1.44 bits per heavy atom. The molecule has 0 aromatic carbocycles. The number of piperidine rings is 1. The van der Waals surface area contributed by atoms with Gasteiger partial charge in [-0.2, -0.15) is 0 Å². The first-order valence-corrected chi connectivity index (χ1v) is 6.14. The number of carbonyl (C=O) groups is 2. The molecule has 104 valence electrons. The van der Waals surface area contributed by atoms with Crippen LogP contribution in [0.4, 0.5) is 4.79 Å². The summed E-state index contributed by atoms with van der Waals surface area (Å²) in [6.07, 6.45) is 0.197. The fraction of sp³-hybridized carbons (Fsp3) is 0.833. The molecule has 1 aliphatic rings. The first-order valence-electron chi connectivity index (χ1n) is 6.14. The lowest BCUT2D eigenvalue weighted by molar-refractivity contribution is -0.138. The molecule has 18 heavy (non-hydrogen) atoms. The van der Waals surface area contributed by atoms with E-state index in [1.54, 1.807) is 25.7 Å². The van der Waals surface area contributed by atoms with Crippen LogP contribution in [0, 0.1) is 5.92 Å². The highest BCUT2D eigenvalue weighted by atomic mass is 16.6. The number of ether oxygens (including phenoxy) is 1. The maximum absolute atomic E-state index is 11.9. The molecule has 0 unspecified atom stereocenters. The van der Waals surface area contributed by atoms with E-state index >= 15 is 0 Å². The minimum Gasteiger partial charge on any atom is -0.481 e. The number of carboxylic acid groups (broad SMARTS) is 1. The molecular weight excluding hydrogens is 236 g/mol. The number of amides is 1. The van der Waals surface area contributed by atoms with Gasteiger partial charge in [-0.3, -0.25) is 4.79 Å². The van der Waals surface area contributed by atoms with Gasteiger partial charge >= 0.3 is 12.1 Å². The van der Waals surface area contributed by atoms with Gasteiger partial charge in [0.2, 0.25) is 0 Å². The lowest BCUT2D eigenvalue weighted by Crippen LogP contribution is -2.50. The molecule has 1 saturated heterocycles. The van der Waals surface area contributed by atoms with Crippen molar-refractivity contribution in [2.24, 2.45) is 11.7 Å². The largest absolute Gasteiger partial charge is 0.481 e. The van der Waals surface area contributed by atoms with E-state index in [4.69, 9.17) is 15.6 Å². The van der Waals surface area contributed by atoms with Gasteiger partial charge in [0.05, 0.1) is 6.42 Å². The summed E-state index contributed by atoms with van der Waals surface area (Å²) < 4.78 is 5.26. The number of rotatable bonds is 2. The average Bonchev–Trinajstić information content (AvgIpc) is 2.17. The van der Waals surface area contributed by atoms with Crippen molar-refractivity contribution < 1.29 is 19.4 Å². The lowest BCUT2D eigenvalue weighted by atomic mass is 9.90. The number of hydrogen-bond acceptors (Lipinski definition) is 4. The highest BCUT2D eigenvalue weighted by molar-refractivity contribution is 5.69. The molecule has 1 amide bonds. The fourth-order valence-electron chi connectivity index (χ4n) is 1.98. The molecule has 1 fully saturated rings. The van der Waals surface area contributed by atoms with Crippen molar-refractivity contribution in [1.82, 2.24) is 4.90 Å². The standard InChI is InChI=1S/C12H22N2O4/c1-12(2,3)18-11(17)14-5-4-9(13)8(7-14)6-10(15)16/h8-9H,4-7,13H2,1-3H3,(H,15,16)/t8-,9-/m1/s1. The first-order chi connectivity index (χ1) is 8.19. The van der Waals surface area contributed by atoms with Crippen LogP contribution in [0.25, 0.3) is 0 Å². The second kappa shape index (κ2) is 5.56. The van der Waals surface area contributed by atoms with Gasteiger partial charge in [0.25, 0.3) is 0 Å². The number of likely N-dealkylation sites (tertiary alicyclic amines) is 1. The van der Waals surface area contributed by atoms with Crippen LogP contribution in [0.1, 0.15) is 33.6 Å². The van der Waals surface area contributed by atoms with Crippen LogP contribution < -0.4 is 5.73 Å². The molecule has 0 aromatic rings. The Bertz CT molecular complexity index is 325. The number of aliphatic carboxylic acids is 1. The summed E-state index contributed by atoms with van der Waals surface area (Å²) in [5.74, 6) is -1.09. The van der Waals surface area contributed by atoms with E-state index in [-0.39, 0.29) is 18.4 Å². The van der Waals surface area contributed by atoms with Crippen molar-refractivity contribution in [3.8, 4) is 0 Å². The first kappa shape index (κ1) is 14.8. The monoisotopic (exact) mass is 258 g/mol. The van der Waals surface area contributed by atoms with Gasteiger partial charge in [0, 0.05) is 25.0 Å². The topological polar surface area (TPSA) is 92.9 Å². The van der Waals surface area contributed by atoms with Crippen LogP contribution in [-0.4, -0.2) is 46.8 Å². The van der Waals surface area contributed by atoms with Crippen molar-refractivity contribution in [2.75, 3.05) is 13.1 Å². The minimum atomic E-state index is -0.888. The van der Waals surface area contributed by atoms with Gasteiger partial charge in [0.1, 0.15) is 5.60 Å². The summed E-state index contributed by atoms with van der Waals surface area (Å²) in [5.41, 5.74) is 5.33. The summed E-state index contributed by atoms with van der Waals surface area (Å²) in [7, 11) is 0. The zero-order valence-electron chi connectivity index (χ0n) is 11.2. The molecule has 2 atom stereocenters. The van der Waals surface area contributed by atoms with E-state index in [0.29, 0.717) is 19.5 Å². The summed E-state index contributed by atoms with van der Waals surface area (Å²) in [4.78, 5) is 24.1. The van der Waals surface area contributed by atoms with Crippen LogP contribution in [-0.2, 0) is 9.53 Å². The third kappa shape index (κ3) is 4.52. The normalized spacial score (nSPS) is 24.8. The molecule has 0 spiro atoms. The molecule has 0 aromatic heterocycles. The van der Waals surface area contributed by atoms with Crippen molar-refractivity contribution in [1.29, 1.82) is 0 Å². The van der Waals surface area contributed by atoms with E-state index in [1.165, 1.54) is 0 Å². The Kier molecular flexibility index (Phi) is 4.56. The molecule has 0 saturated carbocycles. The average molecular weight is 258 g/mol. The molecule has 0 radical (unpaired) electrons. The highest BCUT2D eigenvalue weighted by Crippen LogP contribution is 2.21. The number of nitrogens with zero attached hydrogens (tertiary/aromatic N) is 1. The van der Waals surface area contributed by atoms with Crippen LogP contribution in [0.15, 0.2) is 0 Å². The summed E-state index contributed by atoms with van der Waals surface area (Å²) in [5, 5.41) is 8.80. The lowest BCUT2D eigenvalue weighted by Gasteiger charge is -2.36. The predicted octanol–water partition coefficient (Wildman–Crippen LogP) is 1.05. The fourth-order valence-corrected chi connectivity index (χ4v) is 1.98. The second-order valence-electron chi connectivity index (χ2n) is 5.74. The van der Waals surface area contributed by atoms with Crippen LogP contribution in [0.3, 0.4) is 0 Å². The maximum Gasteiger partial charge on any atom is 0.410 e. The number of hydrogen-bond donors (Lipinski definition) is 2. The van der Waals surface area contributed by atoms with Crippen molar-refractivity contribution >= 4 is 12.1 Å². The van der Waals surface area contributed by atoms with E-state index in [2.05, 4.69) is 0 Å². The number of carbonyl (C=O) groups excluding carboxylic acids is 1. The Morgan fingerprint density at radius 2 is 2.06 bits per heavy atom. The van der Waals surface area contributed by atoms with E-state index in [9.17, 15) is 9.59 Å². The Morgan fingerprint density at radius 3 is 2.56 bits per heavy atom. The van der Waals surface area contributed by atoms with E-state index < -0.39 is 17.7 Å². The molecule has 1 aliphatic heterocycles. The third-order valence-corrected chi connectivity index (χ3v) is 2.88. The van der Waals surface area contributed by atoms with Crippen molar-refractivity contribution in [3.05, 3.63) is 0 Å². The smallest absolute Gasteiger partial charge is 0.410 e. The van der Waals surface area contributed by atoms with Crippen molar-refractivity contribution in [3.63, 3.8) is 0 Å². The van der Waals surface area contributed by atoms with E-state index in [1.807, 2.05) is 0 Å². The molecule has 6 nitrogen and oxygen atoms in total. The zero-order valence-corrected chi connectivity index (χ0v) is 11.2. The minimum absolute atomic E-state index is 0.0134. The molecule has 0 aliphatic carbocycles. The number of carboxylic acids is 1. The summed E-state index contributed by atoms with van der Waals surface area (Å²) in [6, 6.07) is -0.167. The number of nitrogens with two attached hydrogens (primary N) is 1. The van der Waals surface area contributed by atoms with Gasteiger partial charge < -0.3 is 20.5 Å². The van der Waals surface area contributed by atoms with Gasteiger partial charge in [-0.1, -0.05) is 0 Å². The summed E-state index contributed by atoms with van der Waals surface area (Å²) in [6.45, 7) is 6.27.